The lowest BCUT2D eigenvalue weighted by Gasteiger charge is -2.03. The summed E-state index contributed by atoms with van der Waals surface area (Å²) in [5.41, 5.74) is 8.26. The molecule has 0 saturated heterocycles. The number of pyridine rings is 1. The highest BCUT2D eigenvalue weighted by atomic mass is 16.1. The van der Waals surface area contributed by atoms with Gasteiger partial charge in [-0.3, -0.25) is 14.3 Å². The molecule has 3 aromatic rings. The Labute approximate surface area is 103 Å². The second kappa shape index (κ2) is 3.96. The number of benzene rings is 1. The van der Waals surface area contributed by atoms with Crippen LogP contribution in [0.1, 0.15) is 10.4 Å². The van der Waals surface area contributed by atoms with E-state index in [9.17, 15) is 4.79 Å². The van der Waals surface area contributed by atoms with Crippen LogP contribution in [0, 0.1) is 0 Å². The molecule has 2 N–H and O–H groups in total. The van der Waals surface area contributed by atoms with Crippen molar-refractivity contribution in [3.05, 3.63) is 54.6 Å². The number of imidazole rings is 1. The van der Waals surface area contributed by atoms with Gasteiger partial charge in [0.2, 0.25) is 5.91 Å². The number of fused-ring (bicyclic) bond motifs is 1. The van der Waals surface area contributed by atoms with Gasteiger partial charge >= 0.3 is 0 Å². The molecule has 0 bridgehead atoms. The molecule has 2 heterocycles. The first-order chi connectivity index (χ1) is 8.75. The molecule has 0 unspecified atom stereocenters. The zero-order chi connectivity index (χ0) is 12.5. The smallest absolute Gasteiger partial charge is 0.248 e. The molecule has 88 valence electrons. The fraction of sp³-hybridized carbons (Fsp3) is 0. The predicted octanol–water partition coefficient (Wildman–Crippen LogP) is 1.52. The van der Waals surface area contributed by atoms with Gasteiger partial charge in [0.25, 0.3) is 0 Å². The van der Waals surface area contributed by atoms with Crippen LogP contribution in [0.3, 0.4) is 0 Å². The fourth-order valence-electron chi connectivity index (χ4n) is 1.87. The zero-order valence-corrected chi connectivity index (χ0v) is 9.45. The van der Waals surface area contributed by atoms with Gasteiger partial charge in [-0.1, -0.05) is 0 Å². The first kappa shape index (κ1) is 10.5. The summed E-state index contributed by atoms with van der Waals surface area (Å²) in [6.45, 7) is 0. The van der Waals surface area contributed by atoms with Crippen LogP contribution in [0.5, 0.6) is 0 Å². The van der Waals surface area contributed by atoms with Crippen LogP contribution in [0.25, 0.3) is 16.7 Å². The monoisotopic (exact) mass is 238 g/mol. The molecular formula is C13H10N4O. The SMILES string of the molecule is NC(=O)c1ccc2c(c1)ncn2-c1cccnc1. The number of hydrogen-bond acceptors (Lipinski definition) is 3. The van der Waals surface area contributed by atoms with Gasteiger partial charge in [0.15, 0.2) is 0 Å². The number of nitrogens with zero attached hydrogens (tertiary/aromatic N) is 3. The van der Waals surface area contributed by atoms with Crippen LogP contribution in [0.4, 0.5) is 0 Å². The highest BCUT2D eigenvalue weighted by Gasteiger charge is 2.07. The normalized spacial score (nSPS) is 10.7. The van der Waals surface area contributed by atoms with E-state index in [-0.39, 0.29) is 0 Å². The van der Waals surface area contributed by atoms with E-state index in [2.05, 4.69) is 9.97 Å². The maximum absolute atomic E-state index is 11.1. The van der Waals surface area contributed by atoms with E-state index < -0.39 is 5.91 Å². The highest BCUT2D eigenvalue weighted by Crippen LogP contribution is 2.18. The van der Waals surface area contributed by atoms with Crippen LogP contribution in [-0.4, -0.2) is 20.4 Å². The summed E-state index contributed by atoms with van der Waals surface area (Å²) in [7, 11) is 0. The van der Waals surface area contributed by atoms with Crippen LogP contribution in [0.15, 0.2) is 49.1 Å². The van der Waals surface area contributed by atoms with Crippen molar-refractivity contribution in [1.82, 2.24) is 14.5 Å². The molecule has 1 amide bonds. The number of nitrogens with two attached hydrogens (primary N) is 1. The van der Waals surface area contributed by atoms with Crippen molar-refractivity contribution in [1.29, 1.82) is 0 Å². The first-order valence-electron chi connectivity index (χ1n) is 5.43. The van der Waals surface area contributed by atoms with E-state index in [1.165, 1.54) is 0 Å². The molecule has 3 rings (SSSR count). The lowest BCUT2D eigenvalue weighted by atomic mass is 10.2. The number of carbonyl (C=O) groups excluding carboxylic acids is 1. The van der Waals surface area contributed by atoms with Crippen molar-refractivity contribution >= 4 is 16.9 Å². The molecule has 1 aromatic carbocycles. The van der Waals surface area contributed by atoms with Crippen LogP contribution < -0.4 is 5.73 Å². The van der Waals surface area contributed by atoms with Crippen molar-refractivity contribution in [3.8, 4) is 5.69 Å². The number of hydrogen-bond donors (Lipinski definition) is 1. The van der Waals surface area contributed by atoms with Gasteiger partial charge in [0.1, 0.15) is 6.33 Å². The van der Waals surface area contributed by atoms with Crippen LogP contribution in [-0.2, 0) is 0 Å². The summed E-state index contributed by atoms with van der Waals surface area (Å²) in [4.78, 5) is 19.4. The molecule has 0 fully saturated rings. The van der Waals surface area contributed by atoms with Crippen molar-refractivity contribution in [3.63, 3.8) is 0 Å². The Bertz CT molecular complexity index is 718. The van der Waals surface area contributed by atoms with E-state index >= 15 is 0 Å². The Kier molecular flexibility index (Phi) is 2.30. The number of aromatic nitrogens is 3. The Balaban J connectivity index is 2.19. The van der Waals surface area contributed by atoms with E-state index in [4.69, 9.17) is 5.73 Å². The molecule has 0 aliphatic carbocycles. The maximum Gasteiger partial charge on any atom is 0.248 e. The van der Waals surface area contributed by atoms with Crippen molar-refractivity contribution < 1.29 is 4.79 Å². The van der Waals surface area contributed by atoms with E-state index in [0.717, 1.165) is 16.7 Å². The topological polar surface area (TPSA) is 73.8 Å². The Morgan fingerprint density at radius 3 is 2.89 bits per heavy atom. The molecule has 5 nitrogen and oxygen atoms in total. The minimum Gasteiger partial charge on any atom is -0.366 e. The Hall–Kier alpha value is -2.69. The van der Waals surface area contributed by atoms with Gasteiger partial charge in [-0.05, 0) is 30.3 Å². The second-order valence-corrected chi connectivity index (χ2v) is 3.89. The van der Waals surface area contributed by atoms with Crippen LogP contribution in [0.2, 0.25) is 0 Å². The predicted molar refractivity (Wildman–Crippen MR) is 67.4 cm³/mol. The summed E-state index contributed by atoms with van der Waals surface area (Å²) in [6, 6.07) is 9.01. The third-order valence-corrected chi connectivity index (χ3v) is 2.76. The molecule has 0 saturated carbocycles. The van der Waals surface area contributed by atoms with Gasteiger partial charge < -0.3 is 5.73 Å². The van der Waals surface area contributed by atoms with E-state index in [0.29, 0.717) is 5.56 Å². The molecule has 0 atom stereocenters. The van der Waals surface area contributed by atoms with Crippen molar-refractivity contribution in [2.45, 2.75) is 0 Å². The summed E-state index contributed by atoms with van der Waals surface area (Å²) in [5, 5.41) is 0. The minimum absolute atomic E-state index is 0.451. The summed E-state index contributed by atoms with van der Waals surface area (Å²) >= 11 is 0. The highest BCUT2D eigenvalue weighted by molar-refractivity contribution is 5.96. The fourth-order valence-corrected chi connectivity index (χ4v) is 1.87. The van der Waals surface area contributed by atoms with Gasteiger partial charge in [0, 0.05) is 11.8 Å². The van der Waals surface area contributed by atoms with Gasteiger partial charge in [-0.2, -0.15) is 0 Å². The quantitative estimate of drug-likeness (QED) is 0.735. The number of amides is 1. The van der Waals surface area contributed by atoms with E-state index in [1.54, 1.807) is 30.9 Å². The molecule has 0 radical (unpaired) electrons. The molecule has 0 aliphatic heterocycles. The largest absolute Gasteiger partial charge is 0.366 e. The Morgan fingerprint density at radius 2 is 2.17 bits per heavy atom. The number of rotatable bonds is 2. The lowest BCUT2D eigenvalue weighted by Crippen LogP contribution is -2.10. The summed E-state index contributed by atoms with van der Waals surface area (Å²) in [5.74, 6) is -0.451. The van der Waals surface area contributed by atoms with Crippen molar-refractivity contribution in [2.75, 3.05) is 0 Å². The van der Waals surface area contributed by atoms with E-state index in [1.807, 2.05) is 22.8 Å². The summed E-state index contributed by atoms with van der Waals surface area (Å²) < 4.78 is 1.91. The molecule has 0 aliphatic rings. The van der Waals surface area contributed by atoms with Gasteiger partial charge in [-0.25, -0.2) is 4.98 Å². The second-order valence-electron chi connectivity index (χ2n) is 3.89. The Morgan fingerprint density at radius 1 is 1.28 bits per heavy atom. The third-order valence-electron chi connectivity index (χ3n) is 2.76. The molecule has 0 spiro atoms. The average Bonchev–Trinajstić information content (AvgIpc) is 2.82. The summed E-state index contributed by atoms with van der Waals surface area (Å²) in [6.07, 6.45) is 5.17. The third kappa shape index (κ3) is 1.62. The molecule has 5 heteroatoms. The molecule has 2 aromatic heterocycles. The lowest BCUT2D eigenvalue weighted by molar-refractivity contribution is 0.100. The molecular weight excluding hydrogens is 228 g/mol. The standard InChI is InChI=1S/C13H10N4O/c14-13(18)9-3-4-12-11(6-9)16-8-17(12)10-2-1-5-15-7-10/h1-8H,(H2,14,18). The van der Waals surface area contributed by atoms with Gasteiger partial charge in [-0.15, -0.1) is 0 Å². The maximum atomic E-state index is 11.1. The number of primary amides is 1. The average molecular weight is 238 g/mol. The van der Waals surface area contributed by atoms with Crippen molar-refractivity contribution in [2.24, 2.45) is 5.73 Å². The molecule has 18 heavy (non-hydrogen) atoms. The number of carbonyl (C=O) groups is 1. The van der Waals surface area contributed by atoms with Gasteiger partial charge in [0.05, 0.1) is 22.9 Å². The van der Waals surface area contributed by atoms with Crippen LogP contribution >= 0.6 is 0 Å². The minimum atomic E-state index is -0.451. The zero-order valence-electron chi connectivity index (χ0n) is 9.45. The first-order valence-corrected chi connectivity index (χ1v) is 5.43.